The molecule has 1 saturated heterocycles. The Balaban J connectivity index is 2.32. The standard InChI is InChI=1S/C44H80NO8P/c1-6-8-10-12-14-16-17-18-19-20-22-24-28-32-37-49-39-41(40-51-54(47,48)50-38-36-45(3,4)5)52-44(46)35-31-27-26-30-34-43-42(53-43)33-29-25-23-21-15-13-11-9-7-2/h15,21,25-26,29-30,32,37,41-43H,6-14,16-20,22-24,27-28,31,33-36,38-40H2,1-5H3/p+1/b21-15-,29-25-,30-26-,37-32+/t41-,42?,43?/m1/s1. The molecule has 10 heteroatoms. The quantitative estimate of drug-likeness (QED) is 0.0126. The molecule has 3 unspecified atom stereocenters. The van der Waals surface area contributed by atoms with Crippen molar-refractivity contribution in [3.05, 3.63) is 48.8 Å². The fraction of sp³-hybridized carbons (Fsp3) is 0.795. The summed E-state index contributed by atoms with van der Waals surface area (Å²) in [5.41, 5.74) is 0. The zero-order chi connectivity index (χ0) is 39.6. The van der Waals surface area contributed by atoms with Crippen LogP contribution in [-0.4, -0.2) is 81.2 Å². The molecule has 1 fully saturated rings. The van der Waals surface area contributed by atoms with Crippen LogP contribution in [0.4, 0.5) is 0 Å². The lowest BCUT2D eigenvalue weighted by Crippen LogP contribution is -2.37. The maximum absolute atomic E-state index is 12.7. The average molecular weight is 783 g/mol. The van der Waals surface area contributed by atoms with Crippen molar-refractivity contribution in [1.29, 1.82) is 0 Å². The van der Waals surface area contributed by atoms with Gasteiger partial charge in [-0.25, -0.2) is 4.57 Å². The number of unbranched alkanes of at least 4 members (excludes halogenated alkanes) is 16. The van der Waals surface area contributed by atoms with Crippen LogP contribution >= 0.6 is 7.82 Å². The lowest BCUT2D eigenvalue weighted by Gasteiger charge is -2.24. The second-order valence-corrected chi connectivity index (χ2v) is 17.3. The van der Waals surface area contributed by atoms with E-state index in [9.17, 15) is 14.3 Å². The molecule has 0 saturated carbocycles. The Bertz CT molecular complexity index is 1070. The number of epoxide rings is 1. The minimum absolute atomic E-state index is 0.0208. The normalized spacial score (nSPS) is 18.0. The van der Waals surface area contributed by atoms with Gasteiger partial charge in [0, 0.05) is 6.42 Å². The number of rotatable bonds is 38. The van der Waals surface area contributed by atoms with Gasteiger partial charge < -0.3 is 23.6 Å². The average Bonchev–Trinajstić information content (AvgIpc) is 3.88. The van der Waals surface area contributed by atoms with Gasteiger partial charge >= 0.3 is 13.8 Å². The van der Waals surface area contributed by atoms with Crippen LogP contribution in [0.3, 0.4) is 0 Å². The van der Waals surface area contributed by atoms with E-state index in [0.717, 1.165) is 38.5 Å². The fourth-order valence-electron chi connectivity index (χ4n) is 5.85. The van der Waals surface area contributed by atoms with Gasteiger partial charge in [0.25, 0.3) is 0 Å². The second kappa shape index (κ2) is 33.4. The predicted octanol–water partition coefficient (Wildman–Crippen LogP) is 11.7. The number of hydrogen-bond acceptors (Lipinski definition) is 7. The van der Waals surface area contributed by atoms with Crippen molar-refractivity contribution in [2.45, 2.75) is 180 Å². The Kier molecular flexibility index (Phi) is 31.1. The highest BCUT2D eigenvalue weighted by Gasteiger charge is 2.36. The molecular formula is C44H81NO8P+. The first-order chi connectivity index (χ1) is 26.1. The molecule has 0 aliphatic carbocycles. The van der Waals surface area contributed by atoms with Crippen molar-refractivity contribution in [3.63, 3.8) is 0 Å². The number of carbonyl (C=O) groups excluding carboxylic acids is 1. The summed E-state index contributed by atoms with van der Waals surface area (Å²) >= 11 is 0. The second-order valence-electron chi connectivity index (χ2n) is 15.8. The molecule has 1 aliphatic rings. The van der Waals surface area contributed by atoms with Crippen LogP contribution in [0, 0.1) is 0 Å². The summed E-state index contributed by atoms with van der Waals surface area (Å²) in [6.07, 6.45) is 42.6. The number of phosphoric acid groups is 1. The summed E-state index contributed by atoms with van der Waals surface area (Å²) in [5.74, 6) is -0.395. The number of hydrogen-bond donors (Lipinski definition) is 1. The van der Waals surface area contributed by atoms with E-state index in [1.54, 1.807) is 6.26 Å². The minimum Gasteiger partial charge on any atom is -0.498 e. The van der Waals surface area contributed by atoms with E-state index in [2.05, 4.69) is 50.3 Å². The molecule has 1 N–H and O–H groups in total. The van der Waals surface area contributed by atoms with Crippen molar-refractivity contribution < 1.29 is 42.0 Å². The zero-order valence-electron chi connectivity index (χ0n) is 35.1. The molecule has 0 aromatic heterocycles. The molecule has 54 heavy (non-hydrogen) atoms. The fourth-order valence-corrected chi connectivity index (χ4v) is 6.59. The predicted molar refractivity (Wildman–Crippen MR) is 223 cm³/mol. The summed E-state index contributed by atoms with van der Waals surface area (Å²) in [5, 5.41) is 0. The number of ether oxygens (including phenoxy) is 3. The van der Waals surface area contributed by atoms with Crippen molar-refractivity contribution >= 4 is 13.8 Å². The molecule has 0 amide bonds. The number of esters is 1. The first-order valence-corrected chi connectivity index (χ1v) is 23.0. The van der Waals surface area contributed by atoms with Gasteiger partial charge in [0.2, 0.25) is 0 Å². The number of allylic oxidation sites excluding steroid dienone is 5. The molecule has 1 aliphatic heterocycles. The van der Waals surface area contributed by atoms with Crippen molar-refractivity contribution in [2.75, 3.05) is 47.5 Å². The molecule has 9 nitrogen and oxygen atoms in total. The topological polar surface area (TPSA) is 104 Å². The lowest BCUT2D eigenvalue weighted by atomic mass is 10.0. The Morgan fingerprint density at radius 3 is 1.85 bits per heavy atom. The Morgan fingerprint density at radius 2 is 1.20 bits per heavy atom. The highest BCUT2D eigenvalue weighted by molar-refractivity contribution is 7.47. The van der Waals surface area contributed by atoms with E-state index >= 15 is 0 Å². The van der Waals surface area contributed by atoms with Gasteiger partial charge in [0.15, 0.2) is 6.10 Å². The third-order valence-corrected chi connectivity index (χ3v) is 10.3. The third-order valence-electron chi connectivity index (χ3n) is 9.36. The maximum atomic E-state index is 12.7. The molecule has 0 radical (unpaired) electrons. The molecule has 0 aromatic carbocycles. The molecular weight excluding hydrogens is 701 g/mol. The summed E-state index contributed by atoms with van der Waals surface area (Å²) in [6, 6.07) is 0. The van der Waals surface area contributed by atoms with Gasteiger partial charge in [-0.1, -0.05) is 134 Å². The maximum Gasteiger partial charge on any atom is 0.472 e. The number of carbonyl (C=O) groups is 1. The number of quaternary nitrogens is 1. The molecule has 314 valence electrons. The zero-order valence-corrected chi connectivity index (χ0v) is 36.0. The van der Waals surface area contributed by atoms with Crippen LogP contribution < -0.4 is 0 Å². The van der Waals surface area contributed by atoms with Crippen molar-refractivity contribution in [2.24, 2.45) is 0 Å². The molecule has 0 bridgehead atoms. The van der Waals surface area contributed by atoms with Crippen molar-refractivity contribution in [3.8, 4) is 0 Å². The van der Waals surface area contributed by atoms with Crippen LogP contribution in [0.25, 0.3) is 0 Å². The Morgan fingerprint density at radius 1 is 0.685 bits per heavy atom. The summed E-state index contributed by atoms with van der Waals surface area (Å²) in [6.45, 7) is 4.81. The van der Waals surface area contributed by atoms with Crippen LogP contribution in [-0.2, 0) is 32.6 Å². The first kappa shape index (κ1) is 50.3. The van der Waals surface area contributed by atoms with E-state index in [-0.39, 0.29) is 32.3 Å². The van der Waals surface area contributed by atoms with Gasteiger partial charge in [-0.3, -0.25) is 13.8 Å². The summed E-state index contributed by atoms with van der Waals surface area (Å²) in [7, 11) is 1.59. The SMILES string of the molecule is CCCCC/C=C\C/C=C\CC1OC1C/C=C\CCCC(=O)O[C@H](CO/C=C/CCCCCCCCCCCCCC)COP(=O)(O)OCC[N+](C)(C)C. The van der Waals surface area contributed by atoms with Crippen LogP contribution in [0.1, 0.15) is 162 Å². The van der Waals surface area contributed by atoms with Crippen LogP contribution in [0.5, 0.6) is 0 Å². The highest BCUT2D eigenvalue weighted by atomic mass is 31.2. The molecule has 0 spiro atoms. The summed E-state index contributed by atoms with van der Waals surface area (Å²) in [4.78, 5) is 22.9. The van der Waals surface area contributed by atoms with Crippen LogP contribution in [0.15, 0.2) is 48.8 Å². The number of nitrogens with zero attached hydrogens (tertiary/aromatic N) is 1. The van der Waals surface area contributed by atoms with E-state index < -0.39 is 19.9 Å². The molecule has 0 aromatic rings. The monoisotopic (exact) mass is 783 g/mol. The first-order valence-electron chi connectivity index (χ1n) is 21.5. The van der Waals surface area contributed by atoms with Crippen LogP contribution in [0.2, 0.25) is 0 Å². The smallest absolute Gasteiger partial charge is 0.472 e. The number of phosphoric ester groups is 1. The van der Waals surface area contributed by atoms with Gasteiger partial charge in [-0.05, 0) is 63.9 Å². The van der Waals surface area contributed by atoms with Gasteiger partial charge in [-0.2, -0.15) is 0 Å². The Labute approximate surface area is 331 Å². The van der Waals surface area contributed by atoms with Gasteiger partial charge in [0.1, 0.15) is 19.8 Å². The lowest BCUT2D eigenvalue weighted by molar-refractivity contribution is -0.870. The van der Waals surface area contributed by atoms with E-state index in [0.29, 0.717) is 23.6 Å². The Hall–Kier alpha value is -1.74. The third kappa shape index (κ3) is 33.6. The number of likely N-dealkylation sites (N-methyl/N-ethyl adjacent to an activating group) is 1. The minimum atomic E-state index is -4.31. The van der Waals surface area contributed by atoms with Crippen molar-refractivity contribution in [1.82, 2.24) is 0 Å². The molecule has 1 rings (SSSR count). The van der Waals surface area contributed by atoms with Gasteiger partial charge in [-0.15, -0.1) is 0 Å². The van der Waals surface area contributed by atoms with E-state index in [1.807, 2.05) is 27.2 Å². The van der Waals surface area contributed by atoms with Gasteiger partial charge in [0.05, 0.1) is 46.2 Å². The summed E-state index contributed by atoms with van der Waals surface area (Å²) < 4.78 is 40.5. The largest absolute Gasteiger partial charge is 0.498 e. The van der Waals surface area contributed by atoms with E-state index in [1.165, 1.54) is 96.3 Å². The highest BCUT2D eigenvalue weighted by Crippen LogP contribution is 2.43. The molecule has 1 heterocycles. The van der Waals surface area contributed by atoms with E-state index in [4.69, 9.17) is 23.3 Å². The molecule has 4 atom stereocenters.